The molecular formula is C16H16BrNO2. The predicted molar refractivity (Wildman–Crippen MR) is 83.8 cm³/mol. The van der Waals surface area contributed by atoms with E-state index in [0.717, 1.165) is 15.7 Å². The lowest BCUT2D eigenvalue weighted by Gasteiger charge is -2.16. The fraction of sp³-hybridized carbons (Fsp3) is 0.188. The first-order valence-electron chi connectivity index (χ1n) is 6.33. The normalized spacial score (nSPS) is 11.7. The van der Waals surface area contributed by atoms with Crippen LogP contribution in [0.4, 0.5) is 5.69 Å². The lowest BCUT2D eigenvalue weighted by Crippen LogP contribution is -2.22. The Balaban J connectivity index is 2.09. The van der Waals surface area contributed by atoms with E-state index >= 15 is 0 Å². The van der Waals surface area contributed by atoms with Gasteiger partial charge in [-0.2, -0.15) is 0 Å². The Morgan fingerprint density at radius 1 is 1.15 bits per heavy atom. The lowest BCUT2D eigenvalue weighted by molar-refractivity contribution is -0.142. The third kappa shape index (κ3) is 3.84. The fourth-order valence-electron chi connectivity index (χ4n) is 1.95. The number of hydrogen-bond donors (Lipinski definition) is 1. The summed E-state index contributed by atoms with van der Waals surface area (Å²) in [6.45, 7) is 0.498. The van der Waals surface area contributed by atoms with Crippen LogP contribution < -0.4 is 5.32 Å². The molecule has 20 heavy (non-hydrogen) atoms. The van der Waals surface area contributed by atoms with Gasteiger partial charge in [0.2, 0.25) is 0 Å². The van der Waals surface area contributed by atoms with Crippen molar-refractivity contribution in [1.29, 1.82) is 0 Å². The molecule has 0 fully saturated rings. The minimum Gasteiger partial charge on any atom is -0.468 e. The maximum Gasteiger partial charge on any atom is 0.314 e. The van der Waals surface area contributed by atoms with Crippen LogP contribution in [0.3, 0.4) is 0 Å². The highest BCUT2D eigenvalue weighted by Gasteiger charge is 2.20. The van der Waals surface area contributed by atoms with Gasteiger partial charge in [0.15, 0.2) is 0 Å². The molecule has 1 unspecified atom stereocenters. The molecule has 0 aromatic heterocycles. The van der Waals surface area contributed by atoms with Crippen LogP contribution in [0.2, 0.25) is 0 Å². The summed E-state index contributed by atoms with van der Waals surface area (Å²) in [7, 11) is 1.41. The van der Waals surface area contributed by atoms with Crippen molar-refractivity contribution in [2.24, 2.45) is 0 Å². The monoisotopic (exact) mass is 333 g/mol. The minimum absolute atomic E-state index is 0.235. The fourth-order valence-corrected chi connectivity index (χ4v) is 2.22. The van der Waals surface area contributed by atoms with Gasteiger partial charge in [-0.1, -0.05) is 46.3 Å². The van der Waals surface area contributed by atoms with Crippen molar-refractivity contribution in [2.75, 3.05) is 19.0 Å². The van der Waals surface area contributed by atoms with Crippen LogP contribution in [-0.4, -0.2) is 19.6 Å². The number of esters is 1. The molecular weight excluding hydrogens is 318 g/mol. The first kappa shape index (κ1) is 14.6. The van der Waals surface area contributed by atoms with Crippen molar-refractivity contribution in [3.05, 3.63) is 64.6 Å². The molecule has 0 aliphatic rings. The number of rotatable bonds is 5. The van der Waals surface area contributed by atoms with Gasteiger partial charge in [-0.15, -0.1) is 0 Å². The van der Waals surface area contributed by atoms with Crippen LogP contribution in [0.15, 0.2) is 59.1 Å². The largest absolute Gasteiger partial charge is 0.468 e. The van der Waals surface area contributed by atoms with E-state index in [2.05, 4.69) is 21.2 Å². The smallest absolute Gasteiger partial charge is 0.314 e. The van der Waals surface area contributed by atoms with Crippen molar-refractivity contribution in [3.63, 3.8) is 0 Å². The summed E-state index contributed by atoms with van der Waals surface area (Å²) in [4.78, 5) is 11.9. The summed E-state index contributed by atoms with van der Waals surface area (Å²) < 4.78 is 5.91. The van der Waals surface area contributed by atoms with E-state index in [1.54, 1.807) is 0 Å². The lowest BCUT2D eigenvalue weighted by atomic mass is 9.99. The van der Waals surface area contributed by atoms with Crippen LogP contribution in [-0.2, 0) is 9.53 Å². The molecule has 1 atom stereocenters. The van der Waals surface area contributed by atoms with E-state index < -0.39 is 0 Å². The summed E-state index contributed by atoms with van der Waals surface area (Å²) >= 11 is 3.39. The molecule has 3 nitrogen and oxygen atoms in total. The second-order valence-electron chi connectivity index (χ2n) is 4.37. The first-order valence-corrected chi connectivity index (χ1v) is 7.12. The van der Waals surface area contributed by atoms with Gasteiger partial charge in [-0.25, -0.2) is 0 Å². The van der Waals surface area contributed by atoms with Crippen LogP contribution in [0.25, 0.3) is 0 Å². The maximum absolute atomic E-state index is 11.9. The average molecular weight is 334 g/mol. The van der Waals surface area contributed by atoms with Gasteiger partial charge in [-0.3, -0.25) is 4.79 Å². The molecule has 1 N–H and O–H groups in total. The molecule has 4 heteroatoms. The SMILES string of the molecule is COC(=O)C(CNc1ccc(Br)cc1)c1ccccc1. The van der Waals surface area contributed by atoms with Crippen molar-refractivity contribution >= 4 is 27.6 Å². The molecule has 0 bridgehead atoms. The average Bonchev–Trinajstić information content (AvgIpc) is 2.50. The number of halogens is 1. The van der Waals surface area contributed by atoms with Gasteiger partial charge in [0.1, 0.15) is 0 Å². The van der Waals surface area contributed by atoms with Gasteiger partial charge in [-0.05, 0) is 29.8 Å². The molecule has 0 aliphatic heterocycles. The number of carbonyl (C=O) groups is 1. The van der Waals surface area contributed by atoms with E-state index in [4.69, 9.17) is 4.74 Å². The zero-order valence-electron chi connectivity index (χ0n) is 11.2. The summed E-state index contributed by atoms with van der Waals surface area (Å²) in [5.41, 5.74) is 1.92. The number of ether oxygens (including phenoxy) is 1. The van der Waals surface area contributed by atoms with Gasteiger partial charge in [0, 0.05) is 16.7 Å². The first-order chi connectivity index (χ1) is 9.70. The Morgan fingerprint density at radius 3 is 2.40 bits per heavy atom. The minimum atomic E-state index is -0.315. The summed E-state index contributed by atoms with van der Waals surface area (Å²) in [6.07, 6.45) is 0. The molecule has 2 aromatic rings. The highest BCUT2D eigenvalue weighted by Crippen LogP contribution is 2.19. The topological polar surface area (TPSA) is 38.3 Å². The van der Waals surface area contributed by atoms with Crippen molar-refractivity contribution in [1.82, 2.24) is 0 Å². The molecule has 2 rings (SSSR count). The number of benzene rings is 2. The molecule has 0 spiro atoms. The van der Waals surface area contributed by atoms with Crippen LogP contribution in [0.1, 0.15) is 11.5 Å². The number of methoxy groups -OCH3 is 1. The van der Waals surface area contributed by atoms with Crippen molar-refractivity contribution in [3.8, 4) is 0 Å². The molecule has 104 valence electrons. The summed E-state index contributed by atoms with van der Waals surface area (Å²) in [5, 5.41) is 3.26. The Hall–Kier alpha value is -1.81. The van der Waals surface area contributed by atoms with Gasteiger partial charge < -0.3 is 10.1 Å². The van der Waals surface area contributed by atoms with Crippen molar-refractivity contribution in [2.45, 2.75) is 5.92 Å². The molecule has 0 aliphatic carbocycles. The van der Waals surface area contributed by atoms with E-state index in [1.807, 2.05) is 54.6 Å². The molecule has 0 saturated carbocycles. The van der Waals surface area contributed by atoms with E-state index in [9.17, 15) is 4.79 Å². The third-order valence-corrected chi connectivity index (χ3v) is 3.57. The quantitative estimate of drug-likeness (QED) is 0.845. The highest BCUT2D eigenvalue weighted by atomic mass is 79.9. The number of anilines is 1. The number of nitrogens with one attached hydrogen (secondary N) is 1. The zero-order valence-corrected chi connectivity index (χ0v) is 12.8. The summed E-state index contributed by atoms with van der Waals surface area (Å²) in [5.74, 6) is -0.550. The maximum atomic E-state index is 11.9. The van der Waals surface area contributed by atoms with Crippen LogP contribution in [0, 0.1) is 0 Å². The van der Waals surface area contributed by atoms with E-state index in [1.165, 1.54) is 7.11 Å². The Labute approximate surface area is 127 Å². The standard InChI is InChI=1S/C16H16BrNO2/c1-20-16(19)15(12-5-3-2-4-6-12)11-18-14-9-7-13(17)8-10-14/h2-10,15,18H,11H2,1H3. The van der Waals surface area contributed by atoms with Crippen LogP contribution in [0.5, 0.6) is 0 Å². The highest BCUT2D eigenvalue weighted by molar-refractivity contribution is 9.10. The third-order valence-electron chi connectivity index (χ3n) is 3.04. The zero-order chi connectivity index (χ0) is 14.4. The second kappa shape index (κ2) is 7.10. The van der Waals surface area contributed by atoms with Gasteiger partial charge in [0.05, 0.1) is 13.0 Å². The second-order valence-corrected chi connectivity index (χ2v) is 5.29. The molecule has 0 radical (unpaired) electrons. The van der Waals surface area contributed by atoms with Gasteiger partial charge >= 0.3 is 5.97 Å². The number of carbonyl (C=O) groups excluding carboxylic acids is 1. The number of hydrogen-bond acceptors (Lipinski definition) is 3. The Bertz CT molecular complexity index is 554. The predicted octanol–water partition coefficient (Wildman–Crippen LogP) is 3.82. The molecule has 0 saturated heterocycles. The van der Waals surface area contributed by atoms with E-state index in [-0.39, 0.29) is 11.9 Å². The Kier molecular flexibility index (Phi) is 5.18. The molecule has 0 heterocycles. The Morgan fingerprint density at radius 2 is 1.80 bits per heavy atom. The van der Waals surface area contributed by atoms with Crippen LogP contribution >= 0.6 is 15.9 Å². The summed E-state index contributed by atoms with van der Waals surface area (Å²) in [6, 6.07) is 17.5. The molecule has 2 aromatic carbocycles. The van der Waals surface area contributed by atoms with Crippen molar-refractivity contribution < 1.29 is 9.53 Å². The molecule has 0 amide bonds. The van der Waals surface area contributed by atoms with Gasteiger partial charge in [0.25, 0.3) is 0 Å². The van der Waals surface area contributed by atoms with E-state index in [0.29, 0.717) is 6.54 Å².